The van der Waals surface area contributed by atoms with E-state index in [1.165, 1.54) is 0 Å². The molecule has 1 aromatic rings. The standard InChI is InChI=1S/C19H30N4O2/c1-5-22-10-12-23(13-11-22)19(25)15(2)21(4)14-16-6-8-17(9-7-16)18(24)20-3/h6-9,15H,5,10-14H2,1-4H3,(H,20,24). The maximum absolute atomic E-state index is 12.7. The number of nitrogens with one attached hydrogen (secondary N) is 1. The molecule has 1 saturated heterocycles. The van der Waals surface area contributed by atoms with Crippen molar-refractivity contribution in [3.05, 3.63) is 35.4 Å². The number of carbonyl (C=O) groups excluding carboxylic acids is 2. The van der Waals surface area contributed by atoms with E-state index in [9.17, 15) is 9.59 Å². The lowest BCUT2D eigenvalue weighted by atomic mass is 10.1. The first kappa shape index (κ1) is 19.4. The van der Waals surface area contributed by atoms with E-state index in [0.29, 0.717) is 12.1 Å². The summed E-state index contributed by atoms with van der Waals surface area (Å²) in [5, 5.41) is 2.62. The lowest BCUT2D eigenvalue weighted by molar-refractivity contribution is -0.137. The van der Waals surface area contributed by atoms with Gasteiger partial charge in [0.15, 0.2) is 0 Å². The lowest BCUT2D eigenvalue weighted by Crippen LogP contribution is -2.53. The highest BCUT2D eigenvalue weighted by molar-refractivity contribution is 5.93. The van der Waals surface area contributed by atoms with Gasteiger partial charge in [-0.3, -0.25) is 14.5 Å². The van der Waals surface area contributed by atoms with E-state index in [0.717, 1.165) is 38.3 Å². The molecule has 1 N–H and O–H groups in total. The minimum atomic E-state index is -0.160. The van der Waals surface area contributed by atoms with Crippen LogP contribution in [0.2, 0.25) is 0 Å². The van der Waals surface area contributed by atoms with Crippen LogP contribution in [-0.2, 0) is 11.3 Å². The molecule has 6 nitrogen and oxygen atoms in total. The number of nitrogens with zero attached hydrogens (tertiary/aromatic N) is 3. The van der Waals surface area contributed by atoms with Crippen molar-refractivity contribution < 1.29 is 9.59 Å². The first-order valence-corrected chi connectivity index (χ1v) is 8.98. The van der Waals surface area contributed by atoms with Gasteiger partial charge in [0.1, 0.15) is 0 Å². The van der Waals surface area contributed by atoms with E-state index in [-0.39, 0.29) is 17.9 Å². The monoisotopic (exact) mass is 346 g/mol. The quantitative estimate of drug-likeness (QED) is 0.836. The molecular formula is C19H30N4O2. The maximum Gasteiger partial charge on any atom is 0.251 e. The summed E-state index contributed by atoms with van der Waals surface area (Å²) in [5.74, 6) is 0.106. The Balaban J connectivity index is 1.90. The second kappa shape index (κ2) is 8.97. The van der Waals surface area contributed by atoms with Gasteiger partial charge in [-0.1, -0.05) is 19.1 Å². The Morgan fingerprint density at radius 2 is 1.76 bits per heavy atom. The van der Waals surface area contributed by atoms with E-state index < -0.39 is 0 Å². The molecule has 1 heterocycles. The first-order valence-electron chi connectivity index (χ1n) is 8.98. The van der Waals surface area contributed by atoms with Crippen molar-refractivity contribution in [2.75, 3.05) is 46.8 Å². The van der Waals surface area contributed by atoms with Crippen LogP contribution in [0.3, 0.4) is 0 Å². The van der Waals surface area contributed by atoms with Crippen LogP contribution in [-0.4, -0.2) is 79.4 Å². The molecule has 0 spiro atoms. The maximum atomic E-state index is 12.7. The van der Waals surface area contributed by atoms with Crippen LogP contribution < -0.4 is 5.32 Å². The van der Waals surface area contributed by atoms with Crippen molar-refractivity contribution in [2.24, 2.45) is 0 Å². The minimum absolute atomic E-state index is 0.0883. The topological polar surface area (TPSA) is 55.9 Å². The molecule has 138 valence electrons. The van der Waals surface area contributed by atoms with Gasteiger partial charge in [-0.25, -0.2) is 0 Å². The van der Waals surface area contributed by atoms with Crippen LogP contribution in [0.5, 0.6) is 0 Å². The summed E-state index contributed by atoms with van der Waals surface area (Å²) >= 11 is 0. The van der Waals surface area contributed by atoms with Gasteiger partial charge in [0, 0.05) is 45.3 Å². The average molecular weight is 346 g/mol. The number of carbonyl (C=O) groups is 2. The molecule has 1 unspecified atom stereocenters. The smallest absolute Gasteiger partial charge is 0.251 e. The Morgan fingerprint density at radius 3 is 2.28 bits per heavy atom. The number of amides is 2. The van der Waals surface area contributed by atoms with Crippen LogP contribution in [0, 0.1) is 0 Å². The molecule has 2 rings (SSSR count). The molecule has 1 atom stereocenters. The van der Waals surface area contributed by atoms with E-state index in [1.54, 1.807) is 7.05 Å². The Hall–Kier alpha value is -1.92. The highest BCUT2D eigenvalue weighted by Crippen LogP contribution is 2.12. The molecule has 0 saturated carbocycles. The van der Waals surface area contributed by atoms with Gasteiger partial charge >= 0.3 is 0 Å². The highest BCUT2D eigenvalue weighted by Gasteiger charge is 2.26. The number of likely N-dealkylation sites (N-methyl/N-ethyl adjacent to an activating group) is 2. The predicted octanol–water partition coefficient (Wildman–Crippen LogP) is 1.03. The molecule has 0 radical (unpaired) electrons. The minimum Gasteiger partial charge on any atom is -0.355 e. The Morgan fingerprint density at radius 1 is 1.16 bits per heavy atom. The average Bonchev–Trinajstić information content (AvgIpc) is 2.66. The van der Waals surface area contributed by atoms with Crippen LogP contribution in [0.4, 0.5) is 0 Å². The van der Waals surface area contributed by atoms with Crippen molar-refractivity contribution in [3.63, 3.8) is 0 Å². The van der Waals surface area contributed by atoms with Crippen molar-refractivity contribution in [1.82, 2.24) is 20.0 Å². The van der Waals surface area contributed by atoms with Gasteiger partial charge in [-0.2, -0.15) is 0 Å². The summed E-state index contributed by atoms with van der Waals surface area (Å²) in [6.45, 7) is 9.38. The Labute approximate surface area is 150 Å². The number of benzene rings is 1. The van der Waals surface area contributed by atoms with Gasteiger partial charge in [-0.05, 0) is 38.2 Å². The summed E-state index contributed by atoms with van der Waals surface area (Å²) in [4.78, 5) is 30.7. The van der Waals surface area contributed by atoms with Gasteiger partial charge in [-0.15, -0.1) is 0 Å². The van der Waals surface area contributed by atoms with Crippen molar-refractivity contribution in [3.8, 4) is 0 Å². The fourth-order valence-electron chi connectivity index (χ4n) is 3.07. The van der Waals surface area contributed by atoms with E-state index in [4.69, 9.17) is 0 Å². The van der Waals surface area contributed by atoms with Crippen molar-refractivity contribution in [2.45, 2.75) is 26.4 Å². The van der Waals surface area contributed by atoms with Crippen LogP contribution in [0.25, 0.3) is 0 Å². The third kappa shape index (κ3) is 5.03. The third-order valence-electron chi connectivity index (χ3n) is 5.02. The van der Waals surface area contributed by atoms with Crippen molar-refractivity contribution in [1.29, 1.82) is 0 Å². The SMILES string of the molecule is CCN1CCN(C(=O)C(C)N(C)Cc2ccc(C(=O)NC)cc2)CC1. The summed E-state index contributed by atoms with van der Waals surface area (Å²) < 4.78 is 0. The zero-order valence-corrected chi connectivity index (χ0v) is 15.8. The summed E-state index contributed by atoms with van der Waals surface area (Å²) in [6.07, 6.45) is 0. The number of hydrogen-bond donors (Lipinski definition) is 1. The van der Waals surface area contributed by atoms with Gasteiger partial charge in [0.2, 0.25) is 5.91 Å². The number of piperazine rings is 1. The highest BCUT2D eigenvalue weighted by atomic mass is 16.2. The normalized spacial score (nSPS) is 16.8. The Bertz CT molecular complexity index is 580. The fourth-order valence-corrected chi connectivity index (χ4v) is 3.07. The Kier molecular flexibility index (Phi) is 6.96. The zero-order valence-electron chi connectivity index (χ0n) is 15.8. The summed E-state index contributed by atoms with van der Waals surface area (Å²) in [5.41, 5.74) is 1.73. The van der Waals surface area contributed by atoms with E-state index in [2.05, 4.69) is 22.0 Å². The molecule has 1 fully saturated rings. The third-order valence-corrected chi connectivity index (χ3v) is 5.02. The number of hydrogen-bond acceptors (Lipinski definition) is 4. The van der Waals surface area contributed by atoms with E-state index in [1.807, 2.05) is 43.1 Å². The molecular weight excluding hydrogens is 316 g/mol. The molecule has 0 aliphatic carbocycles. The summed E-state index contributed by atoms with van der Waals surface area (Å²) in [7, 11) is 3.59. The lowest BCUT2D eigenvalue weighted by Gasteiger charge is -2.37. The molecule has 6 heteroatoms. The van der Waals surface area contributed by atoms with Gasteiger partial charge in [0.25, 0.3) is 5.91 Å². The van der Waals surface area contributed by atoms with Crippen LogP contribution in [0.1, 0.15) is 29.8 Å². The molecule has 0 bridgehead atoms. The van der Waals surface area contributed by atoms with Crippen LogP contribution in [0.15, 0.2) is 24.3 Å². The van der Waals surface area contributed by atoms with E-state index >= 15 is 0 Å². The first-order chi connectivity index (χ1) is 12.0. The second-order valence-electron chi connectivity index (χ2n) is 6.63. The van der Waals surface area contributed by atoms with Crippen molar-refractivity contribution >= 4 is 11.8 Å². The summed E-state index contributed by atoms with van der Waals surface area (Å²) in [6, 6.07) is 7.36. The zero-order chi connectivity index (χ0) is 18.4. The molecule has 1 aliphatic heterocycles. The predicted molar refractivity (Wildman–Crippen MR) is 99.5 cm³/mol. The molecule has 2 amide bonds. The molecule has 1 aromatic carbocycles. The van der Waals surface area contributed by atoms with Crippen LogP contribution >= 0.6 is 0 Å². The fraction of sp³-hybridized carbons (Fsp3) is 0.579. The largest absolute Gasteiger partial charge is 0.355 e. The molecule has 0 aromatic heterocycles. The molecule has 25 heavy (non-hydrogen) atoms. The number of rotatable bonds is 6. The van der Waals surface area contributed by atoms with Gasteiger partial charge < -0.3 is 15.1 Å². The second-order valence-corrected chi connectivity index (χ2v) is 6.63. The van der Waals surface area contributed by atoms with Gasteiger partial charge in [0.05, 0.1) is 6.04 Å². The molecule has 1 aliphatic rings.